The maximum absolute atomic E-state index is 5.70. The lowest BCUT2D eigenvalue weighted by molar-refractivity contribution is 0.377. The van der Waals surface area contributed by atoms with Crippen molar-refractivity contribution >= 4 is 16.5 Å². The highest BCUT2D eigenvalue weighted by atomic mass is 32.1. The van der Waals surface area contributed by atoms with Crippen LogP contribution in [0.1, 0.15) is 37.3 Å². The molecule has 90 valence electrons. The molecule has 0 aliphatic carbocycles. The fraction of sp³-hybridized carbons (Fsp3) is 0.750. The van der Waals surface area contributed by atoms with E-state index < -0.39 is 0 Å². The van der Waals surface area contributed by atoms with E-state index in [2.05, 4.69) is 30.7 Å². The van der Waals surface area contributed by atoms with E-state index in [1.165, 1.54) is 17.7 Å². The number of thiazole rings is 1. The molecule has 2 heterocycles. The molecule has 2 N–H and O–H groups in total. The molecule has 0 bridgehead atoms. The molecule has 1 aliphatic rings. The van der Waals surface area contributed by atoms with Crippen LogP contribution in [-0.4, -0.2) is 17.6 Å². The smallest absolute Gasteiger partial charge is 0.186 e. The van der Waals surface area contributed by atoms with Crippen molar-refractivity contribution in [3.8, 4) is 0 Å². The summed E-state index contributed by atoms with van der Waals surface area (Å²) >= 11 is 1.76. The molecule has 0 amide bonds. The van der Waals surface area contributed by atoms with Crippen LogP contribution < -0.4 is 10.6 Å². The molecule has 1 aromatic heterocycles. The van der Waals surface area contributed by atoms with Crippen LogP contribution in [0.5, 0.6) is 0 Å². The Balaban J connectivity index is 2.17. The van der Waals surface area contributed by atoms with Crippen molar-refractivity contribution in [3.05, 3.63) is 10.6 Å². The quantitative estimate of drug-likeness (QED) is 0.862. The van der Waals surface area contributed by atoms with Crippen molar-refractivity contribution in [1.82, 2.24) is 4.98 Å². The Hall–Kier alpha value is -0.610. The number of nitrogens with zero attached hydrogens (tertiary/aromatic N) is 2. The van der Waals surface area contributed by atoms with E-state index in [0.29, 0.717) is 12.6 Å². The lowest BCUT2D eigenvalue weighted by Crippen LogP contribution is -2.40. The average molecular weight is 239 g/mol. The third kappa shape index (κ3) is 2.23. The molecule has 16 heavy (non-hydrogen) atoms. The van der Waals surface area contributed by atoms with Gasteiger partial charge in [0, 0.05) is 24.0 Å². The van der Waals surface area contributed by atoms with Gasteiger partial charge in [0.15, 0.2) is 5.13 Å². The van der Waals surface area contributed by atoms with Crippen LogP contribution in [0, 0.1) is 12.8 Å². The van der Waals surface area contributed by atoms with E-state index in [9.17, 15) is 0 Å². The zero-order chi connectivity index (χ0) is 11.7. The highest BCUT2D eigenvalue weighted by molar-refractivity contribution is 7.15. The first kappa shape index (κ1) is 11.9. The summed E-state index contributed by atoms with van der Waals surface area (Å²) in [7, 11) is 0. The Kier molecular flexibility index (Phi) is 3.50. The van der Waals surface area contributed by atoms with Crippen LogP contribution in [0.15, 0.2) is 0 Å². The summed E-state index contributed by atoms with van der Waals surface area (Å²) in [6.07, 6.45) is 2.55. The normalized spacial score (nSPS) is 26.1. The van der Waals surface area contributed by atoms with Crippen LogP contribution in [0.25, 0.3) is 0 Å². The molecule has 0 radical (unpaired) electrons. The van der Waals surface area contributed by atoms with E-state index >= 15 is 0 Å². The van der Waals surface area contributed by atoms with Gasteiger partial charge in [0.1, 0.15) is 0 Å². The molecular formula is C12H21N3S. The Bertz CT molecular complexity index is 361. The third-order valence-corrected chi connectivity index (χ3v) is 4.67. The minimum absolute atomic E-state index is 0.611. The molecule has 1 aliphatic heterocycles. The number of hydrogen-bond acceptors (Lipinski definition) is 4. The van der Waals surface area contributed by atoms with Gasteiger partial charge in [-0.25, -0.2) is 4.98 Å². The van der Waals surface area contributed by atoms with Gasteiger partial charge < -0.3 is 10.6 Å². The van der Waals surface area contributed by atoms with Crippen molar-refractivity contribution in [3.63, 3.8) is 0 Å². The Morgan fingerprint density at radius 1 is 1.50 bits per heavy atom. The summed E-state index contributed by atoms with van der Waals surface area (Å²) in [5, 5.41) is 1.16. The molecule has 2 atom stereocenters. The highest BCUT2D eigenvalue weighted by Crippen LogP contribution is 2.32. The summed E-state index contributed by atoms with van der Waals surface area (Å²) in [6.45, 7) is 8.45. The maximum Gasteiger partial charge on any atom is 0.186 e. The van der Waals surface area contributed by atoms with Crippen LogP contribution in [0.4, 0.5) is 5.13 Å². The number of aromatic nitrogens is 1. The van der Waals surface area contributed by atoms with Crippen LogP contribution in [0.3, 0.4) is 0 Å². The van der Waals surface area contributed by atoms with Crippen molar-refractivity contribution < 1.29 is 0 Å². The van der Waals surface area contributed by atoms with Crippen molar-refractivity contribution in [2.45, 2.75) is 46.2 Å². The van der Waals surface area contributed by atoms with Gasteiger partial charge in [0.25, 0.3) is 0 Å². The number of anilines is 1. The number of rotatable bonds is 2. The van der Waals surface area contributed by atoms with E-state index in [1.807, 2.05) is 0 Å². The number of piperidine rings is 1. The molecule has 2 rings (SSSR count). The second-order valence-electron chi connectivity index (χ2n) is 4.88. The van der Waals surface area contributed by atoms with Crippen LogP contribution in [-0.2, 0) is 6.54 Å². The van der Waals surface area contributed by atoms with E-state index in [1.54, 1.807) is 11.3 Å². The van der Waals surface area contributed by atoms with E-state index in [-0.39, 0.29) is 0 Å². The molecule has 2 unspecified atom stereocenters. The van der Waals surface area contributed by atoms with Gasteiger partial charge in [-0.15, -0.1) is 11.3 Å². The molecule has 4 heteroatoms. The number of aryl methyl sites for hydroxylation is 1. The predicted octanol–water partition coefficient (Wildman–Crippen LogP) is 2.54. The van der Waals surface area contributed by atoms with Gasteiger partial charge in [-0.3, -0.25) is 0 Å². The lowest BCUT2D eigenvalue weighted by atomic mass is 9.94. The fourth-order valence-corrected chi connectivity index (χ4v) is 3.48. The van der Waals surface area contributed by atoms with Crippen molar-refractivity contribution in [2.24, 2.45) is 11.7 Å². The first-order chi connectivity index (χ1) is 7.61. The second-order valence-corrected chi connectivity index (χ2v) is 5.94. The number of hydrogen-bond donors (Lipinski definition) is 1. The third-order valence-electron chi connectivity index (χ3n) is 3.45. The largest absolute Gasteiger partial charge is 0.345 e. The molecule has 1 saturated heterocycles. The van der Waals surface area contributed by atoms with Gasteiger partial charge in [0.05, 0.1) is 5.69 Å². The van der Waals surface area contributed by atoms with Crippen LogP contribution >= 0.6 is 11.3 Å². The van der Waals surface area contributed by atoms with Gasteiger partial charge in [-0.1, -0.05) is 6.92 Å². The van der Waals surface area contributed by atoms with Crippen molar-refractivity contribution in [1.29, 1.82) is 0 Å². The Morgan fingerprint density at radius 2 is 2.25 bits per heavy atom. The fourth-order valence-electron chi connectivity index (χ4n) is 2.42. The molecule has 3 nitrogen and oxygen atoms in total. The first-order valence-electron chi connectivity index (χ1n) is 6.04. The summed E-state index contributed by atoms with van der Waals surface area (Å²) < 4.78 is 0. The van der Waals surface area contributed by atoms with Crippen molar-refractivity contribution in [2.75, 3.05) is 11.4 Å². The van der Waals surface area contributed by atoms with Gasteiger partial charge in [-0.2, -0.15) is 0 Å². The maximum atomic E-state index is 5.70. The predicted molar refractivity (Wildman–Crippen MR) is 69.9 cm³/mol. The van der Waals surface area contributed by atoms with Gasteiger partial charge in [-0.05, 0) is 32.6 Å². The summed E-state index contributed by atoms with van der Waals surface area (Å²) in [5.74, 6) is 0.848. The minimum Gasteiger partial charge on any atom is -0.345 e. The standard InChI is InChI=1S/C12H21N3S/c1-8-4-5-15(9(2)6-8)12-14-10(3)11(7-13)16-12/h8-9H,4-7,13H2,1-3H3. The van der Waals surface area contributed by atoms with Gasteiger partial charge in [0.2, 0.25) is 0 Å². The van der Waals surface area contributed by atoms with E-state index in [4.69, 9.17) is 5.73 Å². The summed E-state index contributed by atoms with van der Waals surface area (Å²) in [5.41, 5.74) is 6.81. The molecule has 0 saturated carbocycles. The SMILES string of the molecule is Cc1nc(N2CCC(C)CC2C)sc1CN. The zero-order valence-corrected chi connectivity index (χ0v) is 11.2. The number of nitrogens with two attached hydrogens (primary N) is 1. The zero-order valence-electron chi connectivity index (χ0n) is 10.4. The molecule has 0 spiro atoms. The molecule has 0 aromatic carbocycles. The Morgan fingerprint density at radius 3 is 2.81 bits per heavy atom. The second kappa shape index (κ2) is 4.72. The summed E-state index contributed by atoms with van der Waals surface area (Å²) in [6, 6.07) is 0.611. The summed E-state index contributed by atoms with van der Waals surface area (Å²) in [4.78, 5) is 8.31. The monoisotopic (exact) mass is 239 g/mol. The lowest BCUT2D eigenvalue weighted by Gasteiger charge is -2.36. The van der Waals surface area contributed by atoms with E-state index in [0.717, 1.165) is 23.3 Å². The minimum atomic E-state index is 0.611. The average Bonchev–Trinajstić information content (AvgIpc) is 2.59. The molecule has 1 fully saturated rings. The first-order valence-corrected chi connectivity index (χ1v) is 6.86. The topological polar surface area (TPSA) is 42.2 Å². The highest BCUT2D eigenvalue weighted by Gasteiger charge is 2.25. The van der Waals surface area contributed by atoms with Crippen LogP contribution in [0.2, 0.25) is 0 Å². The van der Waals surface area contributed by atoms with Gasteiger partial charge >= 0.3 is 0 Å². The Labute approximate surface area is 102 Å². The molecular weight excluding hydrogens is 218 g/mol. The molecule has 1 aromatic rings.